The van der Waals surface area contributed by atoms with Gasteiger partial charge in [-0.1, -0.05) is 37.3 Å². The average molecular weight is 362 g/mol. The van der Waals surface area contributed by atoms with E-state index in [1.165, 1.54) is 5.56 Å². The quantitative estimate of drug-likeness (QED) is 0.690. The number of ether oxygens (including phenoxy) is 4. The van der Waals surface area contributed by atoms with Crippen molar-refractivity contribution in [2.75, 3.05) is 7.11 Å². The molecule has 0 radical (unpaired) electrons. The highest BCUT2D eigenvalue weighted by Gasteiger charge is 2.46. The van der Waals surface area contributed by atoms with E-state index in [0.717, 1.165) is 12.0 Å². The SMILES string of the molecule is CC[C@H]1OC(OC)[C@H](OC(C)c2ccccc2)[C@H]1OCc1ccsc1. The molecule has 0 spiro atoms. The zero-order valence-corrected chi connectivity index (χ0v) is 15.8. The van der Waals surface area contributed by atoms with Gasteiger partial charge in [0.1, 0.15) is 12.2 Å². The van der Waals surface area contributed by atoms with Crippen LogP contribution in [-0.4, -0.2) is 31.7 Å². The van der Waals surface area contributed by atoms with Crippen LogP contribution in [0.4, 0.5) is 0 Å². The molecule has 1 aromatic carbocycles. The fourth-order valence-electron chi connectivity index (χ4n) is 3.16. The van der Waals surface area contributed by atoms with Crippen LogP contribution in [0.2, 0.25) is 0 Å². The van der Waals surface area contributed by atoms with Crippen molar-refractivity contribution in [3.8, 4) is 0 Å². The van der Waals surface area contributed by atoms with E-state index in [2.05, 4.69) is 42.8 Å². The second-order valence-electron chi connectivity index (χ2n) is 6.25. The summed E-state index contributed by atoms with van der Waals surface area (Å²) in [4.78, 5) is 0. The van der Waals surface area contributed by atoms with E-state index in [9.17, 15) is 0 Å². The van der Waals surface area contributed by atoms with Gasteiger partial charge >= 0.3 is 0 Å². The van der Waals surface area contributed by atoms with E-state index >= 15 is 0 Å². The normalized spacial score (nSPS) is 27.5. The second-order valence-corrected chi connectivity index (χ2v) is 7.03. The molecule has 2 unspecified atom stereocenters. The summed E-state index contributed by atoms with van der Waals surface area (Å²) in [5.41, 5.74) is 2.31. The Labute approximate surface area is 153 Å². The summed E-state index contributed by atoms with van der Waals surface area (Å²) >= 11 is 1.68. The van der Waals surface area contributed by atoms with Crippen molar-refractivity contribution >= 4 is 11.3 Å². The first-order chi connectivity index (χ1) is 12.2. The van der Waals surface area contributed by atoms with Crippen LogP contribution in [0.5, 0.6) is 0 Å². The van der Waals surface area contributed by atoms with Crippen LogP contribution in [0.1, 0.15) is 37.5 Å². The lowest BCUT2D eigenvalue weighted by Crippen LogP contribution is -2.38. The molecule has 2 heterocycles. The molecule has 0 bridgehead atoms. The maximum Gasteiger partial charge on any atom is 0.186 e. The summed E-state index contributed by atoms with van der Waals surface area (Å²) in [6.07, 6.45) is -0.0615. The molecule has 1 fully saturated rings. The van der Waals surface area contributed by atoms with Gasteiger partial charge in [-0.05, 0) is 41.3 Å². The van der Waals surface area contributed by atoms with Crippen LogP contribution in [-0.2, 0) is 25.6 Å². The summed E-state index contributed by atoms with van der Waals surface area (Å²) in [5, 5.41) is 4.16. The largest absolute Gasteiger partial charge is 0.368 e. The van der Waals surface area contributed by atoms with E-state index < -0.39 is 6.29 Å². The zero-order valence-electron chi connectivity index (χ0n) is 15.0. The Morgan fingerprint density at radius 1 is 1.16 bits per heavy atom. The predicted molar refractivity (Wildman–Crippen MR) is 98.6 cm³/mol. The number of thiophene rings is 1. The molecular formula is C20H26O4S. The average Bonchev–Trinajstić information content (AvgIpc) is 3.28. The Balaban J connectivity index is 1.71. The first-order valence-electron chi connectivity index (χ1n) is 8.74. The third kappa shape index (κ3) is 4.49. The van der Waals surface area contributed by atoms with Crippen LogP contribution in [0, 0.1) is 0 Å². The molecule has 4 nitrogen and oxygen atoms in total. The molecule has 136 valence electrons. The minimum absolute atomic E-state index is 0.0310. The third-order valence-corrected chi connectivity index (χ3v) is 5.29. The van der Waals surface area contributed by atoms with Gasteiger partial charge in [-0.2, -0.15) is 11.3 Å². The number of hydrogen-bond acceptors (Lipinski definition) is 5. The number of hydrogen-bond donors (Lipinski definition) is 0. The van der Waals surface area contributed by atoms with E-state index in [-0.39, 0.29) is 24.4 Å². The molecule has 1 aromatic heterocycles. The Hall–Kier alpha value is -1.24. The summed E-state index contributed by atoms with van der Waals surface area (Å²) < 4.78 is 24.1. The van der Waals surface area contributed by atoms with Gasteiger partial charge in [0.2, 0.25) is 0 Å². The molecule has 0 aliphatic carbocycles. The summed E-state index contributed by atoms with van der Waals surface area (Å²) in [6, 6.07) is 12.3. The second kappa shape index (κ2) is 8.92. The Morgan fingerprint density at radius 2 is 1.96 bits per heavy atom. The lowest BCUT2D eigenvalue weighted by atomic mass is 10.1. The fraction of sp³-hybridized carbons (Fsp3) is 0.500. The van der Waals surface area contributed by atoms with Gasteiger partial charge in [-0.3, -0.25) is 0 Å². The van der Waals surface area contributed by atoms with Crippen molar-refractivity contribution in [1.29, 1.82) is 0 Å². The Morgan fingerprint density at radius 3 is 2.60 bits per heavy atom. The highest BCUT2D eigenvalue weighted by molar-refractivity contribution is 7.07. The van der Waals surface area contributed by atoms with Crippen molar-refractivity contribution in [1.82, 2.24) is 0 Å². The zero-order chi connectivity index (χ0) is 17.6. The molecule has 0 saturated carbocycles. The number of rotatable bonds is 8. The van der Waals surface area contributed by atoms with Gasteiger partial charge in [-0.15, -0.1) is 0 Å². The highest BCUT2D eigenvalue weighted by atomic mass is 32.1. The monoisotopic (exact) mass is 362 g/mol. The first kappa shape index (κ1) is 18.5. The molecule has 5 heteroatoms. The summed E-state index contributed by atoms with van der Waals surface area (Å²) in [5.74, 6) is 0. The van der Waals surface area contributed by atoms with Crippen molar-refractivity contribution < 1.29 is 18.9 Å². The minimum atomic E-state index is -0.413. The molecule has 1 aliphatic heterocycles. The molecule has 2 aromatic rings. The van der Waals surface area contributed by atoms with Crippen LogP contribution in [0.25, 0.3) is 0 Å². The highest BCUT2D eigenvalue weighted by Crippen LogP contribution is 2.33. The van der Waals surface area contributed by atoms with Crippen molar-refractivity contribution in [3.63, 3.8) is 0 Å². The van der Waals surface area contributed by atoms with Crippen molar-refractivity contribution in [2.24, 2.45) is 0 Å². The molecule has 1 saturated heterocycles. The molecule has 5 atom stereocenters. The topological polar surface area (TPSA) is 36.9 Å². The summed E-state index contributed by atoms with van der Waals surface area (Å²) in [6.45, 7) is 4.71. The van der Waals surface area contributed by atoms with Crippen molar-refractivity contribution in [2.45, 2.75) is 57.6 Å². The van der Waals surface area contributed by atoms with E-state index in [1.807, 2.05) is 18.2 Å². The number of benzene rings is 1. The lowest BCUT2D eigenvalue weighted by Gasteiger charge is -2.27. The van der Waals surface area contributed by atoms with Gasteiger partial charge in [0, 0.05) is 7.11 Å². The molecule has 3 rings (SSSR count). The van der Waals surface area contributed by atoms with Crippen LogP contribution in [0.15, 0.2) is 47.2 Å². The van der Waals surface area contributed by atoms with Gasteiger partial charge in [0.15, 0.2) is 6.29 Å². The van der Waals surface area contributed by atoms with Crippen LogP contribution >= 0.6 is 11.3 Å². The maximum atomic E-state index is 6.34. The van der Waals surface area contributed by atoms with Gasteiger partial charge < -0.3 is 18.9 Å². The Kier molecular flexibility index (Phi) is 6.62. The standard InChI is InChI=1S/C20H26O4S/c1-4-17-18(22-12-15-10-11-25-13-15)19(20(21-3)24-17)23-14(2)16-8-6-5-7-9-16/h5-11,13-14,17-20H,4,12H2,1-3H3/t14?,17-,18+,19-,20?/m1/s1. The third-order valence-electron chi connectivity index (χ3n) is 4.55. The smallest absolute Gasteiger partial charge is 0.186 e. The van der Waals surface area contributed by atoms with E-state index in [1.54, 1.807) is 18.4 Å². The predicted octanol–water partition coefficient (Wildman–Crippen LogP) is 4.56. The van der Waals surface area contributed by atoms with Gasteiger partial charge in [0.25, 0.3) is 0 Å². The van der Waals surface area contributed by atoms with Crippen LogP contribution < -0.4 is 0 Å². The number of methoxy groups -OCH3 is 1. The van der Waals surface area contributed by atoms with Gasteiger partial charge in [0.05, 0.1) is 18.8 Å². The summed E-state index contributed by atoms with van der Waals surface area (Å²) in [7, 11) is 1.65. The molecular weight excluding hydrogens is 336 g/mol. The molecule has 1 aliphatic rings. The minimum Gasteiger partial charge on any atom is -0.368 e. The maximum absolute atomic E-state index is 6.34. The Bertz CT molecular complexity index is 616. The molecule has 0 amide bonds. The van der Waals surface area contributed by atoms with E-state index in [0.29, 0.717) is 6.61 Å². The van der Waals surface area contributed by atoms with Crippen molar-refractivity contribution in [3.05, 3.63) is 58.3 Å². The first-order valence-corrected chi connectivity index (χ1v) is 9.68. The lowest BCUT2D eigenvalue weighted by molar-refractivity contribution is -0.176. The molecule has 0 N–H and O–H groups in total. The fourth-order valence-corrected chi connectivity index (χ4v) is 3.81. The molecule has 25 heavy (non-hydrogen) atoms. The van der Waals surface area contributed by atoms with E-state index in [4.69, 9.17) is 18.9 Å². The van der Waals surface area contributed by atoms with Gasteiger partial charge in [-0.25, -0.2) is 0 Å². The van der Waals surface area contributed by atoms with Crippen LogP contribution in [0.3, 0.4) is 0 Å².